The zero-order valence-electron chi connectivity index (χ0n) is 18.8. The molecule has 0 radical (unpaired) electrons. The summed E-state index contributed by atoms with van der Waals surface area (Å²) < 4.78 is 53.4. The van der Waals surface area contributed by atoms with E-state index in [1.54, 1.807) is 43.3 Å². The number of alkyl halides is 3. The van der Waals surface area contributed by atoms with Gasteiger partial charge in [-0.05, 0) is 36.2 Å². The van der Waals surface area contributed by atoms with Crippen LogP contribution in [0.25, 0.3) is 0 Å². The number of benzene rings is 2. The third-order valence-corrected chi connectivity index (χ3v) is 6.62. The Labute approximate surface area is 209 Å². The highest BCUT2D eigenvalue weighted by molar-refractivity contribution is 6.37. The smallest absolute Gasteiger partial charge is 0.410 e. The van der Waals surface area contributed by atoms with E-state index >= 15 is 0 Å². The molecule has 1 aromatic heterocycles. The lowest BCUT2D eigenvalue weighted by Gasteiger charge is -2.33. The first-order valence-corrected chi connectivity index (χ1v) is 11.2. The van der Waals surface area contributed by atoms with Crippen LogP contribution in [0.15, 0.2) is 36.4 Å². The van der Waals surface area contributed by atoms with Gasteiger partial charge in [-0.2, -0.15) is 18.3 Å². The first-order valence-electron chi connectivity index (χ1n) is 10.4. The van der Waals surface area contributed by atoms with Gasteiger partial charge in [-0.1, -0.05) is 41.4 Å². The van der Waals surface area contributed by atoms with Gasteiger partial charge in [0, 0.05) is 6.42 Å². The van der Waals surface area contributed by atoms with E-state index in [1.807, 2.05) is 0 Å². The summed E-state index contributed by atoms with van der Waals surface area (Å²) in [5.41, 5.74) is 1.19. The minimum atomic E-state index is -4.64. The molecule has 1 aliphatic rings. The van der Waals surface area contributed by atoms with E-state index < -0.39 is 24.2 Å². The number of carbonyl (C=O) groups excluding carboxylic acids is 1. The molecule has 0 saturated carbocycles. The van der Waals surface area contributed by atoms with Crippen LogP contribution < -0.4 is 20.1 Å². The maximum absolute atomic E-state index is 14.1. The molecule has 3 aromatic rings. The second kappa shape index (κ2) is 9.50. The summed E-state index contributed by atoms with van der Waals surface area (Å²) >= 11 is 12.6. The highest BCUT2D eigenvalue weighted by Crippen LogP contribution is 2.47. The van der Waals surface area contributed by atoms with Crippen molar-refractivity contribution in [3.8, 4) is 11.5 Å². The lowest BCUT2D eigenvalue weighted by Crippen LogP contribution is -2.35. The largest absolute Gasteiger partial charge is 0.493 e. The molecule has 1 aliphatic heterocycles. The predicted octanol–water partition coefficient (Wildman–Crippen LogP) is 6.43. The highest BCUT2D eigenvalue weighted by atomic mass is 35.5. The number of amides is 1. The van der Waals surface area contributed by atoms with Crippen molar-refractivity contribution in [2.45, 2.75) is 31.6 Å². The number of fused-ring (bicyclic) bond motifs is 1. The maximum Gasteiger partial charge on any atom is 0.410 e. The van der Waals surface area contributed by atoms with E-state index in [1.165, 1.54) is 14.2 Å². The summed E-state index contributed by atoms with van der Waals surface area (Å²) in [5.74, 6) is -0.0813. The average molecular weight is 529 g/mol. The molecule has 12 heteroatoms. The summed E-state index contributed by atoms with van der Waals surface area (Å²) in [7, 11) is 2.90. The Hall–Kier alpha value is -3.11. The average Bonchev–Trinajstić information content (AvgIpc) is 3.16. The second-order valence-electron chi connectivity index (χ2n) is 7.95. The van der Waals surface area contributed by atoms with Crippen LogP contribution in [0.4, 0.5) is 24.7 Å². The number of halogens is 5. The SMILES string of the molecule is COc1ccc([C@H]2C[C@H](C(F)(F)F)n3nc(C(=O)Nc4cccc(C)c4Cl)c(Cl)c3N2)cc1OC. The van der Waals surface area contributed by atoms with Gasteiger partial charge in [0.25, 0.3) is 5.91 Å². The number of methoxy groups -OCH3 is 2. The molecular formula is C23H21Cl2F3N4O3. The number of rotatable bonds is 5. The third kappa shape index (κ3) is 4.72. The topological polar surface area (TPSA) is 77.4 Å². The zero-order chi connectivity index (χ0) is 25.5. The van der Waals surface area contributed by atoms with Crippen molar-refractivity contribution in [2.24, 2.45) is 0 Å². The van der Waals surface area contributed by atoms with Crippen LogP contribution in [-0.4, -0.2) is 36.1 Å². The Balaban J connectivity index is 1.72. The lowest BCUT2D eigenvalue weighted by molar-refractivity contribution is -0.173. The van der Waals surface area contributed by atoms with Crippen molar-refractivity contribution >= 4 is 40.6 Å². The van der Waals surface area contributed by atoms with Crippen LogP contribution in [0.5, 0.6) is 11.5 Å². The van der Waals surface area contributed by atoms with E-state index in [9.17, 15) is 18.0 Å². The van der Waals surface area contributed by atoms with Crippen LogP contribution in [0.3, 0.4) is 0 Å². The quantitative estimate of drug-likeness (QED) is 0.399. The summed E-state index contributed by atoms with van der Waals surface area (Å²) in [6, 6.07) is 7.05. The number of hydrogen-bond donors (Lipinski definition) is 2. The fraction of sp³-hybridized carbons (Fsp3) is 0.304. The molecule has 0 unspecified atom stereocenters. The van der Waals surface area contributed by atoms with Crippen molar-refractivity contribution in [3.05, 3.63) is 63.3 Å². The number of ether oxygens (including phenoxy) is 2. The minimum absolute atomic E-state index is 0.111. The molecule has 2 heterocycles. The predicted molar refractivity (Wildman–Crippen MR) is 127 cm³/mol. The van der Waals surface area contributed by atoms with Gasteiger partial charge >= 0.3 is 6.18 Å². The van der Waals surface area contributed by atoms with E-state index in [0.29, 0.717) is 32.5 Å². The molecule has 0 aliphatic carbocycles. The summed E-state index contributed by atoms with van der Waals surface area (Å²) in [4.78, 5) is 12.9. The minimum Gasteiger partial charge on any atom is -0.493 e. The number of anilines is 2. The Morgan fingerprint density at radius 3 is 2.51 bits per heavy atom. The molecule has 0 bridgehead atoms. The van der Waals surface area contributed by atoms with Crippen LogP contribution in [0.1, 0.15) is 40.1 Å². The molecule has 7 nitrogen and oxygen atoms in total. The standard InChI is InChI=1S/C23H21Cl2F3N4O3/c1-11-5-4-6-13(18(11)24)30-22(33)20-19(25)21-29-14(10-17(23(26,27)28)32(21)31-20)12-7-8-15(34-2)16(9-12)35-3/h4-9,14,17,29H,10H2,1-3H3,(H,30,33)/t14-,17-/m1/s1. The monoisotopic (exact) mass is 528 g/mol. The van der Waals surface area contributed by atoms with Gasteiger partial charge in [0.1, 0.15) is 10.8 Å². The fourth-order valence-electron chi connectivity index (χ4n) is 3.95. The maximum atomic E-state index is 14.1. The number of aryl methyl sites for hydroxylation is 1. The van der Waals surface area contributed by atoms with E-state index in [-0.39, 0.29) is 23.0 Å². The van der Waals surface area contributed by atoms with Crippen LogP contribution in [0, 0.1) is 6.92 Å². The van der Waals surface area contributed by atoms with Crippen molar-refractivity contribution in [3.63, 3.8) is 0 Å². The highest BCUT2D eigenvalue weighted by Gasteiger charge is 2.48. The molecule has 35 heavy (non-hydrogen) atoms. The van der Waals surface area contributed by atoms with E-state index in [0.717, 1.165) is 5.56 Å². The van der Waals surface area contributed by atoms with Crippen LogP contribution in [-0.2, 0) is 0 Å². The molecule has 2 aromatic carbocycles. The normalized spacial score (nSPS) is 17.4. The molecule has 186 valence electrons. The summed E-state index contributed by atoms with van der Waals surface area (Å²) in [6.45, 7) is 1.76. The van der Waals surface area contributed by atoms with Gasteiger partial charge in [-0.25, -0.2) is 4.68 Å². The lowest BCUT2D eigenvalue weighted by atomic mass is 9.96. The molecule has 0 fully saturated rings. The molecule has 2 N–H and O–H groups in total. The number of nitrogens with zero attached hydrogens (tertiary/aromatic N) is 2. The fourth-order valence-corrected chi connectivity index (χ4v) is 4.39. The number of nitrogens with one attached hydrogen (secondary N) is 2. The Morgan fingerprint density at radius 1 is 1.14 bits per heavy atom. The molecule has 4 rings (SSSR count). The Kier molecular flexibility index (Phi) is 6.79. The van der Waals surface area contributed by atoms with Gasteiger partial charge in [0.05, 0.1) is 31.0 Å². The Bertz CT molecular complexity index is 1280. The van der Waals surface area contributed by atoms with Crippen LogP contribution >= 0.6 is 23.2 Å². The molecular weight excluding hydrogens is 508 g/mol. The number of carbonyl (C=O) groups is 1. The number of aromatic nitrogens is 2. The van der Waals surface area contributed by atoms with Crippen molar-refractivity contribution in [1.82, 2.24) is 9.78 Å². The van der Waals surface area contributed by atoms with Crippen molar-refractivity contribution in [1.29, 1.82) is 0 Å². The molecule has 0 saturated heterocycles. The molecule has 1 amide bonds. The van der Waals surface area contributed by atoms with Crippen LogP contribution in [0.2, 0.25) is 10.0 Å². The van der Waals surface area contributed by atoms with Gasteiger partial charge in [-0.3, -0.25) is 4.79 Å². The van der Waals surface area contributed by atoms with Gasteiger partial charge in [-0.15, -0.1) is 0 Å². The summed E-state index contributed by atoms with van der Waals surface area (Å²) in [6.07, 6.45) is -5.02. The summed E-state index contributed by atoms with van der Waals surface area (Å²) in [5, 5.41) is 9.58. The van der Waals surface area contributed by atoms with E-state index in [2.05, 4.69) is 15.7 Å². The van der Waals surface area contributed by atoms with Gasteiger partial charge in [0.15, 0.2) is 23.2 Å². The van der Waals surface area contributed by atoms with Gasteiger partial charge in [0.2, 0.25) is 0 Å². The second-order valence-corrected chi connectivity index (χ2v) is 8.71. The van der Waals surface area contributed by atoms with Crippen molar-refractivity contribution in [2.75, 3.05) is 24.9 Å². The molecule has 0 spiro atoms. The third-order valence-electron chi connectivity index (χ3n) is 5.76. The molecule has 2 atom stereocenters. The first kappa shape index (κ1) is 25.0. The first-order chi connectivity index (χ1) is 16.5. The Morgan fingerprint density at radius 2 is 1.86 bits per heavy atom. The van der Waals surface area contributed by atoms with Crippen molar-refractivity contribution < 1.29 is 27.4 Å². The number of hydrogen-bond acceptors (Lipinski definition) is 5. The van der Waals surface area contributed by atoms with E-state index in [4.69, 9.17) is 32.7 Å². The van der Waals surface area contributed by atoms with Gasteiger partial charge < -0.3 is 20.1 Å². The zero-order valence-corrected chi connectivity index (χ0v) is 20.3.